The molecule has 86 valence electrons. The van der Waals surface area contributed by atoms with Gasteiger partial charge in [-0.3, -0.25) is 0 Å². The Balaban J connectivity index is 0.00000196. The van der Waals surface area contributed by atoms with E-state index in [-0.39, 0.29) is 19.0 Å². The summed E-state index contributed by atoms with van der Waals surface area (Å²) in [4.78, 5) is 1.96. The van der Waals surface area contributed by atoms with E-state index in [1.54, 1.807) is 0 Å². The predicted octanol–water partition coefficient (Wildman–Crippen LogP) is 1.82. The zero-order chi connectivity index (χ0) is 10.7. The Kier molecular flexibility index (Phi) is 5.98. The summed E-state index contributed by atoms with van der Waals surface area (Å²) >= 11 is 6.03. The summed E-state index contributed by atoms with van der Waals surface area (Å²) in [5.41, 5.74) is 7.47. The van der Waals surface area contributed by atoms with Gasteiger partial charge < -0.3 is 15.7 Å². The van der Waals surface area contributed by atoms with Crippen LogP contribution in [0.5, 0.6) is 0 Å². The average molecular weight is 251 g/mol. The molecule has 0 aliphatic carbocycles. The number of hydrogen-bond acceptors (Lipinski definition) is 3. The number of nitrogens with two attached hydrogens (primary N) is 1. The van der Waals surface area contributed by atoms with E-state index < -0.39 is 6.04 Å². The van der Waals surface area contributed by atoms with Gasteiger partial charge in [0.15, 0.2) is 0 Å². The molecular formula is C10H16Cl2N2O. The smallest absolute Gasteiger partial charge is 0.0624 e. The molecule has 0 spiro atoms. The van der Waals surface area contributed by atoms with E-state index in [4.69, 9.17) is 22.4 Å². The molecular weight excluding hydrogens is 235 g/mol. The molecule has 5 heteroatoms. The summed E-state index contributed by atoms with van der Waals surface area (Å²) < 4.78 is 0. The van der Waals surface area contributed by atoms with Gasteiger partial charge in [-0.2, -0.15) is 0 Å². The summed E-state index contributed by atoms with van der Waals surface area (Å²) in [6.07, 6.45) is 0. The van der Waals surface area contributed by atoms with Crippen molar-refractivity contribution in [3.05, 3.63) is 28.8 Å². The summed E-state index contributed by atoms with van der Waals surface area (Å²) in [5, 5.41) is 9.49. The van der Waals surface area contributed by atoms with E-state index in [1.807, 2.05) is 37.2 Å². The number of hydrogen-bond donors (Lipinski definition) is 2. The van der Waals surface area contributed by atoms with Crippen LogP contribution >= 0.6 is 24.0 Å². The molecule has 0 saturated carbocycles. The predicted molar refractivity (Wildman–Crippen MR) is 67.0 cm³/mol. The zero-order valence-electron chi connectivity index (χ0n) is 8.77. The number of aliphatic hydroxyl groups excluding tert-OH is 1. The third kappa shape index (κ3) is 3.54. The molecule has 0 heterocycles. The minimum atomic E-state index is -0.404. The third-order valence-corrected chi connectivity index (χ3v) is 2.42. The Labute approximate surface area is 101 Å². The van der Waals surface area contributed by atoms with E-state index in [1.165, 1.54) is 0 Å². The highest BCUT2D eigenvalue weighted by Gasteiger charge is 2.09. The van der Waals surface area contributed by atoms with Crippen LogP contribution in [0.3, 0.4) is 0 Å². The topological polar surface area (TPSA) is 49.5 Å². The van der Waals surface area contributed by atoms with Crippen LogP contribution in [0.15, 0.2) is 18.2 Å². The molecule has 3 N–H and O–H groups in total. The van der Waals surface area contributed by atoms with Gasteiger partial charge in [0, 0.05) is 24.8 Å². The molecule has 0 aromatic heterocycles. The van der Waals surface area contributed by atoms with E-state index in [9.17, 15) is 0 Å². The van der Waals surface area contributed by atoms with Gasteiger partial charge in [0.1, 0.15) is 0 Å². The Bertz CT molecular complexity index is 318. The fourth-order valence-corrected chi connectivity index (χ4v) is 1.51. The molecule has 0 amide bonds. The lowest BCUT2D eigenvalue weighted by atomic mass is 10.1. The second kappa shape index (κ2) is 6.18. The van der Waals surface area contributed by atoms with E-state index in [0.29, 0.717) is 5.02 Å². The lowest BCUT2D eigenvalue weighted by Crippen LogP contribution is -2.15. The minimum Gasteiger partial charge on any atom is -0.394 e. The summed E-state index contributed by atoms with van der Waals surface area (Å²) in [6, 6.07) is 5.21. The van der Waals surface area contributed by atoms with Gasteiger partial charge >= 0.3 is 0 Å². The van der Waals surface area contributed by atoms with Crippen LogP contribution in [0.25, 0.3) is 0 Å². The van der Waals surface area contributed by atoms with Crippen molar-refractivity contribution < 1.29 is 5.11 Å². The molecule has 0 radical (unpaired) electrons. The van der Waals surface area contributed by atoms with Crippen LogP contribution in [-0.4, -0.2) is 25.8 Å². The maximum Gasteiger partial charge on any atom is 0.0624 e. The average Bonchev–Trinajstić information content (AvgIpc) is 2.16. The first-order chi connectivity index (χ1) is 6.56. The van der Waals surface area contributed by atoms with Gasteiger partial charge in [0.25, 0.3) is 0 Å². The van der Waals surface area contributed by atoms with Crippen molar-refractivity contribution in [2.45, 2.75) is 6.04 Å². The normalized spacial score (nSPS) is 11.8. The number of aliphatic hydroxyl groups is 1. The zero-order valence-corrected chi connectivity index (χ0v) is 10.3. The molecule has 15 heavy (non-hydrogen) atoms. The van der Waals surface area contributed by atoms with Gasteiger partial charge in [0.2, 0.25) is 0 Å². The number of nitrogens with zero attached hydrogens (tertiary/aromatic N) is 1. The van der Waals surface area contributed by atoms with Gasteiger partial charge in [0.05, 0.1) is 12.6 Å². The number of anilines is 1. The van der Waals surface area contributed by atoms with Crippen molar-refractivity contribution in [2.24, 2.45) is 5.73 Å². The highest BCUT2D eigenvalue weighted by atomic mass is 35.5. The SMILES string of the molecule is CN(C)c1ccc([C@H](N)CO)c(Cl)c1.Cl. The summed E-state index contributed by atoms with van der Waals surface area (Å²) in [6.45, 7) is -0.0962. The van der Waals surface area contributed by atoms with Crippen LogP contribution in [0.1, 0.15) is 11.6 Å². The van der Waals surface area contributed by atoms with Crippen LogP contribution in [-0.2, 0) is 0 Å². The Morgan fingerprint density at radius 2 is 2.07 bits per heavy atom. The minimum absolute atomic E-state index is 0. The van der Waals surface area contributed by atoms with Crippen LogP contribution in [0, 0.1) is 0 Å². The maximum atomic E-state index is 8.90. The molecule has 0 saturated heterocycles. The molecule has 0 fully saturated rings. The van der Waals surface area contributed by atoms with E-state index >= 15 is 0 Å². The largest absolute Gasteiger partial charge is 0.394 e. The molecule has 0 aliphatic rings. The fourth-order valence-electron chi connectivity index (χ4n) is 1.19. The van der Waals surface area contributed by atoms with Crippen molar-refractivity contribution in [1.82, 2.24) is 0 Å². The van der Waals surface area contributed by atoms with Gasteiger partial charge in [-0.1, -0.05) is 17.7 Å². The lowest BCUT2D eigenvalue weighted by Gasteiger charge is -2.16. The highest BCUT2D eigenvalue weighted by Crippen LogP contribution is 2.25. The molecule has 1 aromatic rings. The number of halogens is 2. The van der Waals surface area contributed by atoms with Gasteiger partial charge in [-0.05, 0) is 17.7 Å². The van der Waals surface area contributed by atoms with Crippen molar-refractivity contribution in [1.29, 1.82) is 0 Å². The monoisotopic (exact) mass is 250 g/mol. The Hall–Kier alpha value is -0.480. The van der Waals surface area contributed by atoms with Crippen LogP contribution in [0.2, 0.25) is 5.02 Å². The van der Waals surface area contributed by atoms with Gasteiger partial charge in [-0.15, -0.1) is 12.4 Å². The number of rotatable bonds is 3. The van der Waals surface area contributed by atoms with Crippen molar-refractivity contribution in [3.63, 3.8) is 0 Å². The molecule has 0 bridgehead atoms. The quantitative estimate of drug-likeness (QED) is 0.861. The van der Waals surface area contributed by atoms with Gasteiger partial charge in [-0.25, -0.2) is 0 Å². The molecule has 0 unspecified atom stereocenters. The molecule has 0 aliphatic heterocycles. The number of benzene rings is 1. The van der Waals surface area contributed by atoms with E-state index in [2.05, 4.69) is 0 Å². The summed E-state index contributed by atoms with van der Waals surface area (Å²) in [7, 11) is 3.88. The van der Waals surface area contributed by atoms with Crippen molar-refractivity contribution in [2.75, 3.05) is 25.6 Å². The highest BCUT2D eigenvalue weighted by molar-refractivity contribution is 6.31. The Morgan fingerprint density at radius 1 is 1.47 bits per heavy atom. The fraction of sp³-hybridized carbons (Fsp3) is 0.400. The third-order valence-electron chi connectivity index (χ3n) is 2.10. The molecule has 1 aromatic carbocycles. The first kappa shape index (κ1) is 14.5. The van der Waals surface area contributed by atoms with E-state index in [0.717, 1.165) is 11.3 Å². The molecule has 1 rings (SSSR count). The molecule has 1 atom stereocenters. The Morgan fingerprint density at radius 3 is 2.47 bits per heavy atom. The lowest BCUT2D eigenvalue weighted by molar-refractivity contribution is 0.268. The maximum absolute atomic E-state index is 8.90. The van der Waals surface area contributed by atoms with Crippen LogP contribution in [0.4, 0.5) is 5.69 Å². The first-order valence-electron chi connectivity index (χ1n) is 4.39. The second-order valence-corrected chi connectivity index (χ2v) is 3.80. The van der Waals surface area contributed by atoms with Crippen LogP contribution < -0.4 is 10.6 Å². The van der Waals surface area contributed by atoms with Crippen molar-refractivity contribution in [3.8, 4) is 0 Å². The van der Waals surface area contributed by atoms with Crippen molar-refractivity contribution >= 4 is 29.7 Å². The first-order valence-corrected chi connectivity index (χ1v) is 4.77. The molecule has 3 nitrogen and oxygen atoms in total. The summed E-state index contributed by atoms with van der Waals surface area (Å²) in [5.74, 6) is 0. The standard InChI is InChI=1S/C10H15ClN2O.ClH/c1-13(2)7-3-4-8(9(11)5-7)10(12)6-14;/h3-5,10,14H,6,12H2,1-2H3;1H/t10-;/m1./s1. The second-order valence-electron chi connectivity index (χ2n) is 3.39.